The van der Waals surface area contributed by atoms with Gasteiger partial charge in [0.15, 0.2) is 0 Å². The van der Waals surface area contributed by atoms with Gasteiger partial charge in [-0.15, -0.1) is 11.3 Å². The van der Waals surface area contributed by atoms with E-state index in [9.17, 15) is 23.6 Å². The van der Waals surface area contributed by atoms with E-state index in [2.05, 4.69) is 10.3 Å². The van der Waals surface area contributed by atoms with Gasteiger partial charge >= 0.3 is 0 Å². The zero-order chi connectivity index (χ0) is 25.9. The predicted molar refractivity (Wildman–Crippen MR) is 137 cm³/mol. The smallest absolute Gasteiger partial charge is 0.295 e. The third-order valence-corrected chi connectivity index (χ3v) is 7.22. The van der Waals surface area contributed by atoms with Crippen LogP contribution in [0.5, 0.6) is 0 Å². The van der Waals surface area contributed by atoms with Crippen molar-refractivity contribution in [1.29, 1.82) is 0 Å². The van der Waals surface area contributed by atoms with Crippen LogP contribution in [0.25, 0.3) is 10.9 Å². The number of benzene rings is 2. The van der Waals surface area contributed by atoms with Crippen LogP contribution in [0.3, 0.4) is 0 Å². The van der Waals surface area contributed by atoms with Crippen molar-refractivity contribution >= 4 is 45.7 Å². The van der Waals surface area contributed by atoms with E-state index in [1.807, 2.05) is 23.6 Å². The van der Waals surface area contributed by atoms with Gasteiger partial charge in [-0.1, -0.05) is 24.3 Å². The summed E-state index contributed by atoms with van der Waals surface area (Å²) in [6.07, 6.45) is 1.26. The molecule has 0 aliphatic carbocycles. The summed E-state index contributed by atoms with van der Waals surface area (Å²) in [5.41, 5.74) is 0.752. The van der Waals surface area contributed by atoms with Crippen molar-refractivity contribution in [3.63, 3.8) is 0 Å². The third-order valence-electron chi connectivity index (χ3n) is 6.35. The number of piperazine rings is 1. The number of rotatable bonds is 6. The lowest BCUT2D eigenvalue weighted by Gasteiger charge is -2.34. The van der Waals surface area contributed by atoms with Crippen molar-refractivity contribution in [2.24, 2.45) is 0 Å². The number of fused-ring (bicyclic) bond motifs is 1. The fourth-order valence-electron chi connectivity index (χ4n) is 4.39. The van der Waals surface area contributed by atoms with Crippen LogP contribution in [-0.4, -0.2) is 64.5 Å². The van der Waals surface area contributed by atoms with E-state index in [4.69, 9.17) is 0 Å². The predicted octanol–water partition coefficient (Wildman–Crippen LogP) is 3.47. The molecule has 3 amide bonds. The van der Waals surface area contributed by atoms with Gasteiger partial charge in [-0.25, -0.2) is 4.39 Å². The molecule has 1 aliphatic heterocycles. The summed E-state index contributed by atoms with van der Waals surface area (Å²) in [6.45, 7) is 1.25. The van der Waals surface area contributed by atoms with Crippen molar-refractivity contribution in [1.82, 2.24) is 20.1 Å². The summed E-state index contributed by atoms with van der Waals surface area (Å²) in [6, 6.07) is 15.1. The Balaban J connectivity index is 1.29. The average Bonchev–Trinajstić information content (AvgIpc) is 3.62. The van der Waals surface area contributed by atoms with Crippen LogP contribution in [0.4, 0.5) is 4.39 Å². The van der Waals surface area contributed by atoms with Gasteiger partial charge in [0.05, 0.1) is 23.2 Å². The Kier molecular flexibility index (Phi) is 6.82. The maximum atomic E-state index is 14.8. The summed E-state index contributed by atoms with van der Waals surface area (Å²) in [4.78, 5) is 58.3. The molecule has 188 valence electrons. The summed E-state index contributed by atoms with van der Waals surface area (Å²) >= 11 is 1.50. The highest BCUT2D eigenvalue weighted by Gasteiger charge is 2.31. The second kappa shape index (κ2) is 10.4. The maximum Gasteiger partial charge on any atom is 0.295 e. The van der Waals surface area contributed by atoms with Gasteiger partial charge in [0.1, 0.15) is 5.82 Å². The molecule has 2 aromatic heterocycles. The van der Waals surface area contributed by atoms with E-state index in [-0.39, 0.29) is 54.1 Å². The minimum Gasteiger partial charge on any atom is -0.360 e. The second-order valence-electron chi connectivity index (χ2n) is 8.59. The quantitative estimate of drug-likeness (QED) is 0.301. The summed E-state index contributed by atoms with van der Waals surface area (Å²) < 4.78 is 14.8. The molecular weight excluding hydrogens is 495 g/mol. The molecule has 0 atom stereocenters. The number of aromatic amines is 1. The Hall–Kier alpha value is -4.31. The zero-order valence-corrected chi connectivity index (χ0v) is 20.5. The van der Waals surface area contributed by atoms with Gasteiger partial charge < -0.3 is 20.1 Å². The van der Waals surface area contributed by atoms with Crippen molar-refractivity contribution in [2.75, 3.05) is 26.2 Å². The van der Waals surface area contributed by atoms with E-state index in [1.165, 1.54) is 28.5 Å². The first-order valence-electron chi connectivity index (χ1n) is 11.7. The van der Waals surface area contributed by atoms with Gasteiger partial charge in [0.2, 0.25) is 0 Å². The van der Waals surface area contributed by atoms with Crippen LogP contribution in [0.15, 0.2) is 66.2 Å². The third kappa shape index (κ3) is 4.88. The normalized spacial score (nSPS) is 13.5. The number of thiophene rings is 1. The number of carbonyl (C=O) groups excluding carboxylic acids is 4. The fraction of sp³-hybridized carbons (Fsp3) is 0.185. The number of H-pyrrole nitrogens is 1. The molecule has 5 rings (SSSR count). The number of hydrogen-bond acceptors (Lipinski definition) is 5. The van der Waals surface area contributed by atoms with E-state index < -0.39 is 23.4 Å². The van der Waals surface area contributed by atoms with Gasteiger partial charge in [-0.3, -0.25) is 19.2 Å². The van der Waals surface area contributed by atoms with Crippen molar-refractivity contribution in [3.05, 3.63) is 93.6 Å². The highest BCUT2D eigenvalue weighted by Crippen LogP contribution is 2.26. The average molecular weight is 519 g/mol. The Bertz CT molecular complexity index is 1480. The van der Waals surface area contributed by atoms with E-state index in [0.717, 1.165) is 10.9 Å². The van der Waals surface area contributed by atoms with Crippen molar-refractivity contribution in [3.8, 4) is 0 Å². The van der Waals surface area contributed by atoms with Gasteiger partial charge in [-0.2, -0.15) is 0 Å². The molecule has 0 spiro atoms. The Morgan fingerprint density at radius 2 is 1.62 bits per heavy atom. The van der Waals surface area contributed by atoms with E-state index in [1.54, 1.807) is 29.2 Å². The molecule has 2 aromatic carbocycles. The van der Waals surface area contributed by atoms with Crippen LogP contribution < -0.4 is 5.32 Å². The second-order valence-corrected chi connectivity index (χ2v) is 9.62. The molecule has 1 fully saturated rings. The number of nitrogens with one attached hydrogen (secondary N) is 2. The Morgan fingerprint density at radius 1 is 0.892 bits per heavy atom. The van der Waals surface area contributed by atoms with Crippen LogP contribution in [0.1, 0.15) is 36.0 Å². The number of aromatic nitrogens is 1. The molecule has 4 aromatic rings. The lowest BCUT2D eigenvalue weighted by atomic mass is 10.0. The molecule has 37 heavy (non-hydrogen) atoms. The van der Waals surface area contributed by atoms with Crippen LogP contribution >= 0.6 is 11.3 Å². The first-order valence-corrected chi connectivity index (χ1v) is 12.6. The minimum atomic E-state index is -0.871. The number of nitrogens with zero attached hydrogens (tertiary/aromatic N) is 2. The van der Waals surface area contributed by atoms with Gasteiger partial charge in [0.25, 0.3) is 23.5 Å². The molecule has 2 N–H and O–H groups in total. The molecule has 0 unspecified atom stereocenters. The van der Waals surface area contributed by atoms with E-state index >= 15 is 0 Å². The van der Waals surface area contributed by atoms with Crippen LogP contribution in [0.2, 0.25) is 0 Å². The summed E-state index contributed by atoms with van der Waals surface area (Å²) in [5.74, 6) is -2.92. The SMILES string of the molecule is O=C(NCc1cccs1)c1ccc(F)c2c(C(=O)C(=O)N3CCN(C(=O)c4ccccc4)CC3)c[nH]c12. The number of ketones is 1. The highest BCUT2D eigenvalue weighted by molar-refractivity contribution is 7.09. The number of halogens is 1. The number of hydrogen-bond donors (Lipinski definition) is 2. The zero-order valence-electron chi connectivity index (χ0n) is 19.7. The molecule has 3 heterocycles. The van der Waals surface area contributed by atoms with Crippen LogP contribution in [0, 0.1) is 5.82 Å². The fourth-order valence-corrected chi connectivity index (χ4v) is 5.03. The number of carbonyl (C=O) groups is 4. The standard InChI is InChI=1S/C27H23FN4O4S/c28-21-9-8-19(25(34)30-15-18-7-4-14-37-18)23-22(21)20(16-29-23)24(33)27(36)32-12-10-31(11-13-32)26(35)17-5-2-1-3-6-17/h1-9,14,16,29H,10-13,15H2,(H,30,34). The van der Waals surface area contributed by atoms with Gasteiger partial charge in [0, 0.05) is 48.2 Å². The Labute approximate surface area is 215 Å². The summed E-state index contributed by atoms with van der Waals surface area (Å²) in [7, 11) is 0. The summed E-state index contributed by atoms with van der Waals surface area (Å²) in [5, 5.41) is 4.59. The topological polar surface area (TPSA) is 103 Å². The lowest BCUT2D eigenvalue weighted by Crippen LogP contribution is -2.52. The minimum absolute atomic E-state index is 0.0972. The highest BCUT2D eigenvalue weighted by atomic mass is 32.1. The first kappa shape index (κ1) is 24.4. The van der Waals surface area contributed by atoms with Crippen molar-refractivity contribution < 1.29 is 23.6 Å². The van der Waals surface area contributed by atoms with Crippen LogP contribution in [-0.2, 0) is 11.3 Å². The molecule has 0 saturated carbocycles. The molecule has 1 saturated heterocycles. The molecule has 0 radical (unpaired) electrons. The van der Waals surface area contributed by atoms with Gasteiger partial charge in [-0.05, 0) is 35.7 Å². The number of amides is 3. The Morgan fingerprint density at radius 3 is 2.32 bits per heavy atom. The molecule has 8 nitrogen and oxygen atoms in total. The first-order chi connectivity index (χ1) is 17.9. The molecule has 1 aliphatic rings. The number of Topliss-reactive ketones (excluding diaryl/α,β-unsaturated/α-hetero) is 1. The monoisotopic (exact) mass is 518 g/mol. The molecule has 10 heteroatoms. The largest absolute Gasteiger partial charge is 0.360 e. The van der Waals surface area contributed by atoms with Crippen molar-refractivity contribution in [2.45, 2.75) is 6.54 Å². The molecular formula is C27H23FN4O4S. The molecule has 0 bridgehead atoms. The lowest BCUT2D eigenvalue weighted by molar-refractivity contribution is -0.127. The van der Waals surface area contributed by atoms with E-state index in [0.29, 0.717) is 12.1 Å². The maximum absolute atomic E-state index is 14.8.